The van der Waals surface area contributed by atoms with Gasteiger partial charge >= 0.3 is 0 Å². The predicted octanol–water partition coefficient (Wildman–Crippen LogP) is 3.20. The minimum Gasteiger partial charge on any atom is -0.497 e. The molecule has 0 bridgehead atoms. The number of halogens is 1. The monoisotopic (exact) mass is 460 g/mol. The average molecular weight is 461 g/mol. The summed E-state index contributed by atoms with van der Waals surface area (Å²) in [6.45, 7) is 6.46. The molecule has 2 aromatic rings. The van der Waals surface area contributed by atoms with Gasteiger partial charge in [0.25, 0.3) is 5.91 Å². The van der Waals surface area contributed by atoms with E-state index in [1.165, 1.54) is 0 Å². The van der Waals surface area contributed by atoms with Crippen molar-refractivity contribution < 1.29 is 19.0 Å². The van der Waals surface area contributed by atoms with Crippen LogP contribution in [0.2, 0.25) is 5.02 Å². The highest BCUT2D eigenvalue weighted by Crippen LogP contribution is 2.23. The second-order valence-corrected chi connectivity index (χ2v) is 7.76. The van der Waals surface area contributed by atoms with Gasteiger partial charge in [0.1, 0.15) is 11.5 Å². The number of aryl methyl sites for hydroxylation is 1. The molecule has 2 N–H and O–H groups in total. The lowest BCUT2D eigenvalue weighted by Crippen LogP contribution is -2.39. The van der Waals surface area contributed by atoms with E-state index in [9.17, 15) is 4.79 Å². The van der Waals surface area contributed by atoms with Crippen molar-refractivity contribution in [2.75, 3.05) is 58.9 Å². The van der Waals surface area contributed by atoms with Crippen LogP contribution in [-0.2, 0) is 4.74 Å². The Bertz CT molecular complexity index is 939. The Labute approximate surface area is 193 Å². The van der Waals surface area contributed by atoms with Crippen LogP contribution in [0.3, 0.4) is 0 Å². The number of ether oxygens (including phenoxy) is 3. The number of hydrogen-bond donors (Lipinski definition) is 2. The van der Waals surface area contributed by atoms with Crippen LogP contribution in [0, 0.1) is 6.92 Å². The molecule has 32 heavy (non-hydrogen) atoms. The molecule has 172 valence electrons. The first-order valence-corrected chi connectivity index (χ1v) is 10.8. The molecule has 8 nitrogen and oxygen atoms in total. The van der Waals surface area contributed by atoms with Crippen molar-refractivity contribution in [2.24, 2.45) is 4.99 Å². The van der Waals surface area contributed by atoms with Gasteiger partial charge in [0.05, 0.1) is 34.0 Å². The molecule has 2 aromatic carbocycles. The second-order valence-electron chi connectivity index (χ2n) is 7.32. The average Bonchev–Trinajstić information content (AvgIpc) is 2.81. The lowest BCUT2D eigenvalue weighted by Gasteiger charge is -2.25. The van der Waals surface area contributed by atoms with Gasteiger partial charge in [-0.2, -0.15) is 0 Å². The molecule has 9 heteroatoms. The molecule has 1 amide bonds. The third-order valence-electron chi connectivity index (χ3n) is 5.08. The normalized spacial score (nSPS) is 14.7. The lowest BCUT2D eigenvalue weighted by molar-refractivity contribution is 0.0394. The number of benzene rings is 2. The van der Waals surface area contributed by atoms with E-state index in [2.05, 4.69) is 20.5 Å². The summed E-state index contributed by atoms with van der Waals surface area (Å²) in [6.07, 6.45) is 0. The van der Waals surface area contributed by atoms with Gasteiger partial charge in [0.2, 0.25) is 5.96 Å². The number of rotatable bonds is 7. The van der Waals surface area contributed by atoms with E-state index in [-0.39, 0.29) is 5.91 Å². The van der Waals surface area contributed by atoms with Gasteiger partial charge < -0.3 is 19.5 Å². The molecule has 0 spiro atoms. The smallest absolute Gasteiger partial charge is 0.258 e. The number of morpholine rings is 1. The maximum atomic E-state index is 13.0. The maximum absolute atomic E-state index is 13.0. The summed E-state index contributed by atoms with van der Waals surface area (Å²) in [5.74, 6) is 1.09. The number of hydrogen-bond acceptors (Lipinski definition) is 6. The summed E-state index contributed by atoms with van der Waals surface area (Å²) in [7, 11) is 3.08. The topological polar surface area (TPSA) is 84.4 Å². The number of carbonyl (C=O) groups is 1. The highest BCUT2D eigenvalue weighted by atomic mass is 35.5. The number of guanidine groups is 1. The van der Waals surface area contributed by atoms with E-state index in [1.54, 1.807) is 38.5 Å². The highest BCUT2D eigenvalue weighted by molar-refractivity contribution is 6.30. The van der Waals surface area contributed by atoms with Crippen LogP contribution in [0.5, 0.6) is 11.5 Å². The molecule has 1 fully saturated rings. The number of aliphatic imine (C=N–C) groups is 1. The van der Waals surface area contributed by atoms with Gasteiger partial charge in [0, 0.05) is 42.0 Å². The van der Waals surface area contributed by atoms with Crippen LogP contribution in [-0.4, -0.2) is 70.4 Å². The molecule has 0 aliphatic carbocycles. The van der Waals surface area contributed by atoms with E-state index in [1.807, 2.05) is 19.1 Å². The molecule has 1 saturated heterocycles. The van der Waals surface area contributed by atoms with Gasteiger partial charge in [-0.15, -0.1) is 0 Å². The lowest BCUT2D eigenvalue weighted by atomic mass is 10.2. The molecule has 1 aliphatic rings. The summed E-state index contributed by atoms with van der Waals surface area (Å²) in [4.78, 5) is 19.9. The van der Waals surface area contributed by atoms with Crippen molar-refractivity contribution in [1.29, 1.82) is 0 Å². The molecule has 0 saturated carbocycles. The van der Waals surface area contributed by atoms with E-state index in [0.717, 1.165) is 44.1 Å². The minimum atomic E-state index is -0.327. The first-order chi connectivity index (χ1) is 15.5. The fourth-order valence-electron chi connectivity index (χ4n) is 3.25. The zero-order valence-electron chi connectivity index (χ0n) is 18.6. The first kappa shape index (κ1) is 23.8. The van der Waals surface area contributed by atoms with E-state index in [4.69, 9.17) is 25.8 Å². The zero-order valence-corrected chi connectivity index (χ0v) is 19.4. The van der Waals surface area contributed by atoms with Gasteiger partial charge in [-0.05, 0) is 42.8 Å². The molecular formula is C23H29ClN4O4. The standard InChI is InChI=1S/C23H29ClN4O4/c1-16-12-18(24)4-5-21(16)26-23(25-6-7-28-8-10-32-11-9-28)27-22(29)17-13-19(30-2)15-20(14-17)31-3/h4-5,12-15H,6-11H2,1-3H3,(H2,25,26,27,29). The van der Waals surface area contributed by atoms with Crippen LogP contribution < -0.4 is 20.1 Å². The number of anilines is 1. The van der Waals surface area contributed by atoms with E-state index < -0.39 is 0 Å². The van der Waals surface area contributed by atoms with Crippen LogP contribution >= 0.6 is 11.6 Å². The molecular weight excluding hydrogens is 432 g/mol. The Morgan fingerprint density at radius 2 is 1.81 bits per heavy atom. The van der Waals surface area contributed by atoms with Crippen molar-refractivity contribution >= 4 is 29.2 Å². The van der Waals surface area contributed by atoms with Crippen LogP contribution in [0.4, 0.5) is 5.69 Å². The number of methoxy groups -OCH3 is 2. The Kier molecular flexibility index (Phi) is 8.72. The quantitative estimate of drug-likeness (QED) is 0.487. The SMILES string of the molecule is COc1cc(OC)cc(C(=O)NC(=NCCN2CCOCC2)Nc2ccc(Cl)cc2C)c1. The van der Waals surface area contributed by atoms with Gasteiger partial charge in [-0.1, -0.05) is 11.6 Å². The Hall–Kier alpha value is -2.81. The van der Waals surface area contributed by atoms with Crippen molar-refractivity contribution in [3.63, 3.8) is 0 Å². The summed E-state index contributed by atoms with van der Waals surface area (Å²) in [6, 6.07) is 10.5. The van der Waals surface area contributed by atoms with Crippen LogP contribution in [0.15, 0.2) is 41.4 Å². The molecule has 0 atom stereocenters. The summed E-state index contributed by atoms with van der Waals surface area (Å²) in [5.41, 5.74) is 2.15. The molecule has 3 rings (SSSR count). The number of carbonyl (C=O) groups excluding carboxylic acids is 1. The maximum Gasteiger partial charge on any atom is 0.258 e. The van der Waals surface area contributed by atoms with Crippen LogP contribution in [0.1, 0.15) is 15.9 Å². The van der Waals surface area contributed by atoms with Crippen molar-refractivity contribution in [3.05, 3.63) is 52.5 Å². The number of nitrogens with one attached hydrogen (secondary N) is 2. The van der Waals surface area contributed by atoms with E-state index in [0.29, 0.717) is 34.6 Å². The minimum absolute atomic E-state index is 0.327. The Morgan fingerprint density at radius 3 is 2.44 bits per heavy atom. The van der Waals surface area contributed by atoms with Gasteiger partial charge in [-0.25, -0.2) is 0 Å². The van der Waals surface area contributed by atoms with Crippen LogP contribution in [0.25, 0.3) is 0 Å². The number of nitrogens with zero attached hydrogens (tertiary/aromatic N) is 2. The molecule has 0 radical (unpaired) electrons. The summed E-state index contributed by atoms with van der Waals surface area (Å²) in [5, 5.41) is 6.75. The highest BCUT2D eigenvalue weighted by Gasteiger charge is 2.14. The number of amides is 1. The molecule has 1 aliphatic heterocycles. The van der Waals surface area contributed by atoms with Crippen molar-refractivity contribution in [1.82, 2.24) is 10.2 Å². The predicted molar refractivity (Wildman–Crippen MR) is 126 cm³/mol. The Morgan fingerprint density at radius 1 is 1.12 bits per heavy atom. The van der Waals surface area contributed by atoms with Crippen molar-refractivity contribution in [2.45, 2.75) is 6.92 Å². The van der Waals surface area contributed by atoms with E-state index >= 15 is 0 Å². The first-order valence-electron chi connectivity index (χ1n) is 10.4. The fraction of sp³-hybridized carbons (Fsp3) is 0.391. The molecule has 1 heterocycles. The summed E-state index contributed by atoms with van der Waals surface area (Å²) >= 11 is 6.08. The third kappa shape index (κ3) is 6.85. The zero-order chi connectivity index (χ0) is 22.9. The fourth-order valence-corrected chi connectivity index (χ4v) is 3.48. The molecule has 0 unspecified atom stereocenters. The third-order valence-corrected chi connectivity index (χ3v) is 5.31. The van der Waals surface area contributed by atoms with Gasteiger partial charge in [0.15, 0.2) is 0 Å². The Balaban J connectivity index is 1.77. The summed E-state index contributed by atoms with van der Waals surface area (Å²) < 4.78 is 15.9. The second kappa shape index (κ2) is 11.7. The largest absolute Gasteiger partial charge is 0.497 e. The van der Waals surface area contributed by atoms with Crippen molar-refractivity contribution in [3.8, 4) is 11.5 Å². The molecule has 0 aromatic heterocycles. The van der Waals surface area contributed by atoms with Gasteiger partial charge in [-0.3, -0.25) is 20.0 Å².